The molecule has 1 fully saturated rings. The van der Waals surface area contributed by atoms with Gasteiger partial charge in [0.05, 0.1) is 12.1 Å². The summed E-state index contributed by atoms with van der Waals surface area (Å²) in [5, 5.41) is 2.78. The van der Waals surface area contributed by atoms with Gasteiger partial charge in [0.1, 0.15) is 6.61 Å². The summed E-state index contributed by atoms with van der Waals surface area (Å²) in [6.45, 7) is 3.00. The molecular formula is C15H21N3O3. The van der Waals surface area contributed by atoms with Gasteiger partial charge >= 0.3 is 6.09 Å². The van der Waals surface area contributed by atoms with Crippen molar-refractivity contribution in [3.8, 4) is 0 Å². The molecule has 6 nitrogen and oxygen atoms in total. The van der Waals surface area contributed by atoms with Crippen molar-refractivity contribution in [1.82, 2.24) is 10.2 Å². The molecule has 2 atom stereocenters. The zero-order valence-corrected chi connectivity index (χ0v) is 12.1. The summed E-state index contributed by atoms with van der Waals surface area (Å²) in [4.78, 5) is 25.1. The van der Waals surface area contributed by atoms with Crippen LogP contribution < -0.4 is 11.1 Å². The van der Waals surface area contributed by atoms with Crippen molar-refractivity contribution < 1.29 is 14.3 Å². The van der Waals surface area contributed by atoms with Crippen molar-refractivity contribution in [1.29, 1.82) is 0 Å². The number of carbonyl (C=O) groups excluding carboxylic acids is 2. The Balaban J connectivity index is 1.73. The molecule has 2 rings (SSSR count). The molecule has 2 unspecified atom stereocenters. The molecule has 2 amide bonds. The largest absolute Gasteiger partial charge is 0.445 e. The van der Waals surface area contributed by atoms with Crippen LogP contribution in [0.25, 0.3) is 0 Å². The fourth-order valence-electron chi connectivity index (χ4n) is 2.30. The predicted octanol–water partition coefficient (Wildman–Crippen LogP) is 0.861. The first-order valence-electron chi connectivity index (χ1n) is 7.08. The first kappa shape index (κ1) is 15.3. The van der Waals surface area contributed by atoms with Gasteiger partial charge < -0.3 is 20.7 Å². The molecule has 1 aliphatic heterocycles. The Labute approximate surface area is 124 Å². The van der Waals surface area contributed by atoms with Crippen molar-refractivity contribution in [2.75, 3.05) is 13.1 Å². The highest BCUT2D eigenvalue weighted by atomic mass is 16.5. The lowest BCUT2D eigenvalue weighted by Crippen LogP contribution is -2.43. The summed E-state index contributed by atoms with van der Waals surface area (Å²) in [6, 6.07) is 8.91. The van der Waals surface area contributed by atoms with Crippen molar-refractivity contribution in [3.05, 3.63) is 35.9 Å². The summed E-state index contributed by atoms with van der Waals surface area (Å²) in [7, 11) is 0. The number of hydrogen-bond donors (Lipinski definition) is 2. The number of nitrogens with two attached hydrogens (primary N) is 1. The van der Waals surface area contributed by atoms with E-state index in [1.54, 1.807) is 11.8 Å². The van der Waals surface area contributed by atoms with Crippen LogP contribution in [-0.2, 0) is 16.1 Å². The molecule has 0 bridgehead atoms. The van der Waals surface area contributed by atoms with Gasteiger partial charge in [0.25, 0.3) is 0 Å². The minimum absolute atomic E-state index is 0.0732. The second-order valence-corrected chi connectivity index (χ2v) is 5.26. The van der Waals surface area contributed by atoms with Crippen LogP contribution in [0.1, 0.15) is 18.9 Å². The molecule has 0 spiro atoms. The highest BCUT2D eigenvalue weighted by molar-refractivity contribution is 5.81. The number of rotatable bonds is 4. The van der Waals surface area contributed by atoms with Gasteiger partial charge in [-0.1, -0.05) is 30.3 Å². The Morgan fingerprint density at radius 1 is 1.43 bits per heavy atom. The molecule has 1 heterocycles. The van der Waals surface area contributed by atoms with Crippen molar-refractivity contribution >= 4 is 12.0 Å². The van der Waals surface area contributed by atoms with Gasteiger partial charge in [0, 0.05) is 13.1 Å². The molecule has 0 saturated carbocycles. The van der Waals surface area contributed by atoms with Crippen LogP contribution in [0.3, 0.4) is 0 Å². The summed E-state index contributed by atoms with van der Waals surface area (Å²) in [5.41, 5.74) is 6.51. The van der Waals surface area contributed by atoms with Gasteiger partial charge in [0.2, 0.25) is 5.91 Å². The SMILES string of the molecule is CC(N)C(=O)N1CCC(NC(=O)OCc2ccccc2)C1. The molecule has 114 valence electrons. The van der Waals surface area contributed by atoms with Crippen molar-refractivity contribution in [2.45, 2.75) is 32.0 Å². The minimum atomic E-state index is -0.506. The van der Waals surface area contributed by atoms with E-state index in [0.717, 1.165) is 12.0 Å². The number of carbonyl (C=O) groups is 2. The van der Waals surface area contributed by atoms with Crippen LogP contribution in [0.15, 0.2) is 30.3 Å². The molecule has 0 aliphatic carbocycles. The smallest absolute Gasteiger partial charge is 0.407 e. The van der Waals surface area contributed by atoms with E-state index in [-0.39, 0.29) is 18.6 Å². The van der Waals surface area contributed by atoms with Crippen molar-refractivity contribution in [3.63, 3.8) is 0 Å². The van der Waals surface area contributed by atoms with E-state index in [2.05, 4.69) is 5.32 Å². The van der Waals surface area contributed by atoms with Crippen LogP contribution in [0.2, 0.25) is 0 Å². The van der Waals surface area contributed by atoms with Gasteiger partial charge in [-0.05, 0) is 18.9 Å². The molecular weight excluding hydrogens is 270 g/mol. The van der Waals surface area contributed by atoms with Gasteiger partial charge in [-0.3, -0.25) is 4.79 Å². The molecule has 21 heavy (non-hydrogen) atoms. The molecule has 3 N–H and O–H groups in total. The molecule has 1 aromatic carbocycles. The van der Waals surface area contributed by atoms with Gasteiger partial charge in [0.15, 0.2) is 0 Å². The van der Waals surface area contributed by atoms with E-state index in [1.807, 2.05) is 30.3 Å². The fourth-order valence-corrected chi connectivity index (χ4v) is 2.30. The fraction of sp³-hybridized carbons (Fsp3) is 0.467. The second kappa shape index (κ2) is 7.08. The third kappa shape index (κ3) is 4.46. The van der Waals surface area contributed by atoms with Crippen LogP contribution in [0.5, 0.6) is 0 Å². The lowest BCUT2D eigenvalue weighted by Gasteiger charge is -2.18. The Kier molecular flexibility index (Phi) is 5.16. The first-order valence-corrected chi connectivity index (χ1v) is 7.08. The molecule has 0 aromatic heterocycles. The second-order valence-electron chi connectivity index (χ2n) is 5.26. The van der Waals surface area contributed by atoms with E-state index in [0.29, 0.717) is 13.1 Å². The van der Waals surface area contributed by atoms with E-state index in [1.165, 1.54) is 0 Å². The summed E-state index contributed by atoms with van der Waals surface area (Å²) in [5.74, 6) is -0.0862. The number of likely N-dealkylation sites (tertiary alicyclic amines) is 1. The number of ether oxygens (including phenoxy) is 1. The third-order valence-corrected chi connectivity index (χ3v) is 3.42. The quantitative estimate of drug-likeness (QED) is 0.861. The van der Waals surface area contributed by atoms with Crippen LogP contribution >= 0.6 is 0 Å². The monoisotopic (exact) mass is 291 g/mol. The maximum atomic E-state index is 11.7. The Morgan fingerprint density at radius 3 is 2.81 bits per heavy atom. The summed E-state index contributed by atoms with van der Waals surface area (Å²) >= 11 is 0. The lowest BCUT2D eigenvalue weighted by atomic mass is 10.2. The van der Waals surface area contributed by atoms with E-state index in [9.17, 15) is 9.59 Å². The molecule has 0 radical (unpaired) electrons. The Morgan fingerprint density at radius 2 is 2.14 bits per heavy atom. The molecule has 1 saturated heterocycles. The van der Waals surface area contributed by atoms with Gasteiger partial charge in [-0.2, -0.15) is 0 Å². The topological polar surface area (TPSA) is 84.7 Å². The maximum Gasteiger partial charge on any atom is 0.407 e. The first-order chi connectivity index (χ1) is 10.1. The maximum absolute atomic E-state index is 11.7. The Hall–Kier alpha value is -2.08. The van der Waals surface area contributed by atoms with Gasteiger partial charge in [-0.25, -0.2) is 4.79 Å². The number of hydrogen-bond acceptors (Lipinski definition) is 4. The average Bonchev–Trinajstić information content (AvgIpc) is 2.93. The third-order valence-electron chi connectivity index (χ3n) is 3.42. The number of benzene rings is 1. The summed E-state index contributed by atoms with van der Waals surface area (Å²) < 4.78 is 5.15. The average molecular weight is 291 g/mol. The molecule has 6 heteroatoms. The van der Waals surface area contributed by atoms with Gasteiger partial charge in [-0.15, -0.1) is 0 Å². The van der Waals surface area contributed by atoms with E-state index in [4.69, 9.17) is 10.5 Å². The molecule has 1 aromatic rings. The van der Waals surface area contributed by atoms with Crippen LogP contribution in [0.4, 0.5) is 4.79 Å². The number of amides is 2. The zero-order valence-electron chi connectivity index (χ0n) is 12.1. The zero-order chi connectivity index (χ0) is 15.2. The lowest BCUT2D eigenvalue weighted by molar-refractivity contribution is -0.131. The highest BCUT2D eigenvalue weighted by Crippen LogP contribution is 2.10. The predicted molar refractivity (Wildman–Crippen MR) is 78.4 cm³/mol. The Bertz CT molecular complexity index is 490. The minimum Gasteiger partial charge on any atom is -0.445 e. The van der Waals surface area contributed by atoms with Crippen LogP contribution in [-0.4, -0.2) is 42.1 Å². The highest BCUT2D eigenvalue weighted by Gasteiger charge is 2.28. The number of alkyl carbamates (subject to hydrolysis) is 1. The normalized spacial score (nSPS) is 19.1. The van der Waals surface area contributed by atoms with Crippen molar-refractivity contribution in [2.24, 2.45) is 5.73 Å². The van der Waals surface area contributed by atoms with E-state index >= 15 is 0 Å². The van der Waals surface area contributed by atoms with Crippen LogP contribution in [0, 0.1) is 0 Å². The standard InChI is InChI=1S/C15H21N3O3/c1-11(16)14(19)18-8-7-13(9-18)17-15(20)21-10-12-5-3-2-4-6-12/h2-6,11,13H,7-10,16H2,1H3,(H,17,20). The summed E-state index contributed by atoms with van der Waals surface area (Å²) in [6.07, 6.45) is 0.262. The van der Waals surface area contributed by atoms with E-state index < -0.39 is 12.1 Å². The molecule has 1 aliphatic rings. The number of nitrogens with zero attached hydrogens (tertiary/aromatic N) is 1. The number of nitrogens with one attached hydrogen (secondary N) is 1.